The quantitative estimate of drug-likeness (QED) is 0.840. The third-order valence-corrected chi connectivity index (χ3v) is 4.04. The highest BCUT2D eigenvalue weighted by atomic mass is 16.8. The van der Waals surface area contributed by atoms with Crippen molar-refractivity contribution in [1.29, 1.82) is 0 Å². The Hall–Kier alpha value is -0.160. The van der Waals surface area contributed by atoms with Gasteiger partial charge in [0, 0.05) is 6.42 Å². The fraction of sp³-hybridized carbons (Fsp3) is 1.00. The predicted octanol–water partition coefficient (Wildman–Crippen LogP) is 2.24. The van der Waals surface area contributed by atoms with Crippen LogP contribution in [0.25, 0.3) is 0 Å². The lowest BCUT2D eigenvalue weighted by molar-refractivity contribution is -0.208. The van der Waals surface area contributed by atoms with Crippen molar-refractivity contribution in [3.63, 3.8) is 0 Å². The molecule has 0 radical (unpaired) electrons. The number of hydrogen-bond donors (Lipinski definition) is 1. The van der Waals surface area contributed by atoms with Crippen molar-refractivity contribution in [1.82, 2.24) is 0 Å². The average Bonchev–Trinajstić information content (AvgIpc) is 2.69. The van der Waals surface area contributed by atoms with Crippen molar-refractivity contribution in [2.24, 2.45) is 0 Å². The number of rotatable bonds is 4. The van der Waals surface area contributed by atoms with E-state index in [2.05, 4.69) is 6.92 Å². The van der Waals surface area contributed by atoms with E-state index in [1.54, 1.807) is 0 Å². The molecule has 0 bridgehead atoms. The summed E-state index contributed by atoms with van der Waals surface area (Å²) in [5.74, 6) is -0.470. The highest BCUT2D eigenvalue weighted by molar-refractivity contribution is 4.85. The lowest BCUT2D eigenvalue weighted by atomic mass is 9.92. The Morgan fingerprint density at radius 3 is 2.56 bits per heavy atom. The minimum Gasteiger partial charge on any atom is -0.393 e. The highest BCUT2D eigenvalue weighted by Crippen LogP contribution is 2.36. The van der Waals surface area contributed by atoms with Crippen LogP contribution >= 0.6 is 0 Å². The summed E-state index contributed by atoms with van der Waals surface area (Å²) in [7, 11) is 0. The zero-order chi connectivity index (χ0) is 13.1. The average molecular weight is 258 g/mol. The second kappa shape index (κ2) is 5.87. The molecule has 0 saturated carbocycles. The second-order valence-electron chi connectivity index (χ2n) is 5.94. The van der Waals surface area contributed by atoms with Crippen LogP contribution in [0.3, 0.4) is 0 Å². The van der Waals surface area contributed by atoms with Crippen LogP contribution in [0.15, 0.2) is 0 Å². The van der Waals surface area contributed by atoms with Crippen molar-refractivity contribution in [3.05, 3.63) is 0 Å². The number of hydrogen-bond acceptors (Lipinski definition) is 4. The molecule has 0 aromatic rings. The Morgan fingerprint density at radius 2 is 1.89 bits per heavy atom. The monoisotopic (exact) mass is 258 g/mol. The van der Waals surface area contributed by atoms with E-state index in [4.69, 9.17) is 14.2 Å². The lowest BCUT2D eigenvalue weighted by Gasteiger charge is -2.30. The first-order valence-electron chi connectivity index (χ1n) is 7.14. The topological polar surface area (TPSA) is 47.9 Å². The van der Waals surface area contributed by atoms with Crippen molar-refractivity contribution >= 4 is 0 Å². The van der Waals surface area contributed by atoms with Crippen LogP contribution in [0.4, 0.5) is 0 Å². The predicted molar refractivity (Wildman–Crippen MR) is 68.4 cm³/mol. The van der Waals surface area contributed by atoms with Gasteiger partial charge in [-0.3, -0.25) is 0 Å². The fourth-order valence-electron chi connectivity index (χ4n) is 2.85. The third kappa shape index (κ3) is 3.67. The Morgan fingerprint density at radius 1 is 1.17 bits per heavy atom. The van der Waals surface area contributed by atoms with Gasteiger partial charge < -0.3 is 19.3 Å². The highest BCUT2D eigenvalue weighted by Gasteiger charge is 2.42. The molecule has 2 fully saturated rings. The molecule has 2 unspecified atom stereocenters. The molecule has 0 aromatic carbocycles. The van der Waals surface area contributed by atoms with Gasteiger partial charge >= 0.3 is 0 Å². The van der Waals surface area contributed by atoms with Gasteiger partial charge in [-0.1, -0.05) is 0 Å². The third-order valence-electron chi connectivity index (χ3n) is 4.04. The van der Waals surface area contributed by atoms with Crippen LogP contribution in [0.1, 0.15) is 52.4 Å². The molecule has 2 heterocycles. The molecule has 1 spiro atoms. The summed E-state index contributed by atoms with van der Waals surface area (Å²) >= 11 is 0. The summed E-state index contributed by atoms with van der Waals surface area (Å²) in [6.45, 7) is 5.91. The largest absolute Gasteiger partial charge is 0.393 e. The van der Waals surface area contributed by atoms with Gasteiger partial charge in [0.1, 0.15) is 6.61 Å². The summed E-state index contributed by atoms with van der Waals surface area (Å²) in [5, 5.41) is 9.31. The van der Waals surface area contributed by atoms with Crippen LogP contribution in [0.5, 0.6) is 0 Å². The minimum absolute atomic E-state index is 0.0896. The molecule has 4 nitrogen and oxygen atoms in total. The Kier molecular flexibility index (Phi) is 4.64. The van der Waals surface area contributed by atoms with Crippen LogP contribution < -0.4 is 0 Å². The summed E-state index contributed by atoms with van der Waals surface area (Å²) in [6.07, 6.45) is 5.67. The smallest absolute Gasteiger partial charge is 0.191 e. The molecule has 2 saturated heterocycles. The molecule has 2 rings (SSSR count). The van der Waals surface area contributed by atoms with Gasteiger partial charge in [0.2, 0.25) is 0 Å². The van der Waals surface area contributed by atoms with E-state index in [1.165, 1.54) is 0 Å². The van der Waals surface area contributed by atoms with Crippen LogP contribution in [0, 0.1) is 0 Å². The maximum absolute atomic E-state index is 9.31. The minimum atomic E-state index is -0.470. The number of aliphatic hydroxyl groups excluding tert-OH is 1. The molecular formula is C14H26O4. The zero-order valence-corrected chi connectivity index (χ0v) is 11.6. The zero-order valence-electron chi connectivity index (χ0n) is 11.6. The van der Waals surface area contributed by atoms with Crippen molar-refractivity contribution in [2.45, 2.75) is 69.9 Å². The molecule has 106 valence electrons. The second-order valence-corrected chi connectivity index (χ2v) is 5.94. The van der Waals surface area contributed by atoms with Gasteiger partial charge in [0.15, 0.2) is 5.79 Å². The van der Waals surface area contributed by atoms with Crippen molar-refractivity contribution in [3.8, 4) is 0 Å². The first kappa shape index (κ1) is 14.3. The molecule has 2 aliphatic rings. The normalized spacial score (nSPS) is 33.5. The molecule has 2 aliphatic heterocycles. The number of ether oxygens (including phenoxy) is 3. The summed E-state index contributed by atoms with van der Waals surface area (Å²) in [4.78, 5) is 0. The van der Waals surface area contributed by atoms with E-state index in [1.807, 2.05) is 6.92 Å². The Bertz CT molecular complexity index is 261. The number of aliphatic hydroxyl groups is 1. The molecule has 4 heteroatoms. The lowest BCUT2D eigenvalue weighted by Crippen LogP contribution is -2.37. The van der Waals surface area contributed by atoms with Crippen molar-refractivity contribution in [2.75, 3.05) is 19.8 Å². The fourth-order valence-corrected chi connectivity index (χ4v) is 2.85. The first-order valence-corrected chi connectivity index (χ1v) is 7.14. The van der Waals surface area contributed by atoms with Gasteiger partial charge in [0.05, 0.1) is 24.9 Å². The van der Waals surface area contributed by atoms with Gasteiger partial charge in [-0.15, -0.1) is 0 Å². The molecular weight excluding hydrogens is 232 g/mol. The van der Waals surface area contributed by atoms with Crippen molar-refractivity contribution < 1.29 is 19.3 Å². The summed E-state index contributed by atoms with van der Waals surface area (Å²) in [5.41, 5.74) is -0.0896. The SMILES string of the molecule is CC(O)CCCC1(C)CCCC2(CO1)OCCO2. The summed E-state index contributed by atoms with van der Waals surface area (Å²) in [6, 6.07) is 0. The Labute approximate surface area is 110 Å². The van der Waals surface area contributed by atoms with E-state index in [-0.39, 0.29) is 11.7 Å². The van der Waals surface area contributed by atoms with Crippen LogP contribution in [-0.4, -0.2) is 42.4 Å². The van der Waals surface area contributed by atoms with E-state index >= 15 is 0 Å². The molecule has 1 N–H and O–H groups in total. The van der Waals surface area contributed by atoms with E-state index in [0.29, 0.717) is 19.8 Å². The van der Waals surface area contributed by atoms with E-state index in [0.717, 1.165) is 38.5 Å². The maximum Gasteiger partial charge on any atom is 0.191 e. The standard InChI is InChI=1S/C14H26O4/c1-12(15)5-3-6-13(2)7-4-8-14(11-18-13)16-9-10-17-14/h12,15H,3-11H2,1-2H3. The molecule has 0 amide bonds. The maximum atomic E-state index is 9.31. The molecule has 18 heavy (non-hydrogen) atoms. The molecule has 2 atom stereocenters. The van der Waals surface area contributed by atoms with Crippen LogP contribution in [0.2, 0.25) is 0 Å². The van der Waals surface area contributed by atoms with E-state index < -0.39 is 5.79 Å². The molecule has 0 aliphatic carbocycles. The van der Waals surface area contributed by atoms with Gasteiger partial charge in [-0.05, 0) is 46.0 Å². The van der Waals surface area contributed by atoms with Gasteiger partial charge in [0.25, 0.3) is 0 Å². The van der Waals surface area contributed by atoms with Gasteiger partial charge in [-0.2, -0.15) is 0 Å². The van der Waals surface area contributed by atoms with Crippen LogP contribution in [-0.2, 0) is 14.2 Å². The van der Waals surface area contributed by atoms with E-state index in [9.17, 15) is 5.11 Å². The Balaban J connectivity index is 1.83. The first-order chi connectivity index (χ1) is 8.54. The van der Waals surface area contributed by atoms with Gasteiger partial charge in [-0.25, -0.2) is 0 Å². The summed E-state index contributed by atoms with van der Waals surface area (Å²) < 4.78 is 17.5. The molecule has 0 aromatic heterocycles.